The maximum atomic E-state index is 13.6. The number of morpholine rings is 1. The van der Waals surface area contributed by atoms with Crippen molar-refractivity contribution >= 4 is 17.1 Å². The molecule has 0 bridgehead atoms. The highest BCUT2D eigenvalue weighted by molar-refractivity contribution is 5.68. The number of rotatable bonds is 8. The molecule has 184 valence electrons. The van der Waals surface area contributed by atoms with Crippen LogP contribution in [0.4, 0.5) is 17.1 Å². The molecular weight excluding hydrogens is 450 g/mol. The van der Waals surface area contributed by atoms with E-state index in [9.17, 15) is 14.9 Å². The molecule has 0 radical (unpaired) electrons. The minimum absolute atomic E-state index is 0.125. The van der Waals surface area contributed by atoms with Crippen molar-refractivity contribution < 1.29 is 14.4 Å². The molecule has 10 nitrogen and oxygen atoms in total. The van der Waals surface area contributed by atoms with Crippen LogP contribution < -0.4 is 20.1 Å². The zero-order chi connectivity index (χ0) is 24.9. The number of nitrogens with zero attached hydrogens (tertiary/aromatic N) is 5. The van der Waals surface area contributed by atoms with Crippen molar-refractivity contribution in [3.05, 3.63) is 69.0 Å². The molecule has 1 aromatic heterocycles. The lowest BCUT2D eigenvalue weighted by Gasteiger charge is -2.29. The van der Waals surface area contributed by atoms with Gasteiger partial charge in [0.1, 0.15) is 17.1 Å². The van der Waals surface area contributed by atoms with Gasteiger partial charge in [0, 0.05) is 44.0 Å². The normalized spacial score (nSPS) is 13.5. The molecule has 2 heterocycles. The molecule has 0 atom stereocenters. The lowest BCUT2D eigenvalue weighted by Crippen LogP contribution is -2.36. The third-order valence-electron chi connectivity index (χ3n) is 5.99. The first kappa shape index (κ1) is 24.2. The van der Waals surface area contributed by atoms with E-state index in [-0.39, 0.29) is 11.4 Å². The van der Waals surface area contributed by atoms with E-state index in [1.165, 1.54) is 6.07 Å². The molecule has 0 N–H and O–H groups in total. The van der Waals surface area contributed by atoms with Gasteiger partial charge < -0.3 is 19.3 Å². The maximum absolute atomic E-state index is 13.6. The molecule has 3 aromatic rings. The van der Waals surface area contributed by atoms with Crippen molar-refractivity contribution in [1.82, 2.24) is 9.78 Å². The highest BCUT2D eigenvalue weighted by atomic mass is 16.6. The summed E-state index contributed by atoms with van der Waals surface area (Å²) >= 11 is 0. The summed E-state index contributed by atoms with van der Waals surface area (Å²) < 4.78 is 11.9. The molecule has 1 fully saturated rings. The molecule has 35 heavy (non-hydrogen) atoms. The summed E-state index contributed by atoms with van der Waals surface area (Å²) in [4.78, 5) is 29.0. The first-order valence-corrected chi connectivity index (χ1v) is 11.5. The first-order valence-electron chi connectivity index (χ1n) is 11.5. The Morgan fingerprint density at radius 1 is 1.17 bits per heavy atom. The van der Waals surface area contributed by atoms with Crippen LogP contribution in [0.2, 0.25) is 0 Å². The van der Waals surface area contributed by atoms with Gasteiger partial charge in [0.25, 0.3) is 11.2 Å². The molecule has 0 saturated carbocycles. The van der Waals surface area contributed by atoms with Crippen molar-refractivity contribution in [3.8, 4) is 22.7 Å². The van der Waals surface area contributed by atoms with Gasteiger partial charge in [0.05, 0.1) is 30.9 Å². The largest absolute Gasteiger partial charge is 0.497 e. The number of aromatic nitrogens is 2. The number of ether oxygens (including phenoxy) is 2. The lowest BCUT2D eigenvalue weighted by molar-refractivity contribution is -0.384. The second-order valence-electron chi connectivity index (χ2n) is 8.31. The van der Waals surface area contributed by atoms with E-state index < -0.39 is 10.5 Å². The van der Waals surface area contributed by atoms with Crippen molar-refractivity contribution in [2.45, 2.75) is 13.3 Å². The summed E-state index contributed by atoms with van der Waals surface area (Å²) in [6.45, 7) is 5.13. The second-order valence-corrected chi connectivity index (χ2v) is 8.31. The SMILES string of the molecule is CCCN(C)c1cc(-c2cccc(OC)c2)nn(-c2cc(N3CCOCC3)ccc2[N+](=O)[O-])c1=O. The van der Waals surface area contributed by atoms with Gasteiger partial charge in [0.2, 0.25) is 0 Å². The third-order valence-corrected chi connectivity index (χ3v) is 5.99. The molecule has 10 heteroatoms. The predicted molar refractivity (Wildman–Crippen MR) is 135 cm³/mol. The van der Waals surface area contributed by atoms with E-state index in [1.807, 2.05) is 43.1 Å². The Bertz CT molecular complexity index is 1270. The van der Waals surface area contributed by atoms with Crippen molar-refractivity contribution in [3.63, 3.8) is 0 Å². The van der Waals surface area contributed by atoms with Gasteiger partial charge in [0.15, 0.2) is 0 Å². The Kier molecular flexibility index (Phi) is 7.31. The quantitative estimate of drug-likeness (QED) is 0.357. The number of anilines is 2. The van der Waals surface area contributed by atoms with Gasteiger partial charge in [-0.1, -0.05) is 19.1 Å². The van der Waals surface area contributed by atoms with Crippen LogP contribution >= 0.6 is 0 Å². The molecule has 4 rings (SSSR count). The second kappa shape index (κ2) is 10.6. The van der Waals surface area contributed by atoms with Crippen LogP contribution in [0.15, 0.2) is 53.3 Å². The van der Waals surface area contributed by atoms with Crippen LogP contribution in [0, 0.1) is 10.1 Å². The van der Waals surface area contributed by atoms with Crippen LogP contribution in [0.1, 0.15) is 13.3 Å². The third kappa shape index (κ3) is 5.12. The summed E-state index contributed by atoms with van der Waals surface area (Å²) in [7, 11) is 3.41. The zero-order valence-corrected chi connectivity index (χ0v) is 20.1. The number of nitro benzene ring substituents is 1. The van der Waals surface area contributed by atoms with Crippen molar-refractivity contribution in [2.24, 2.45) is 0 Å². The number of benzene rings is 2. The smallest absolute Gasteiger partial charge is 0.295 e. The minimum Gasteiger partial charge on any atom is -0.497 e. The average Bonchev–Trinajstić information content (AvgIpc) is 2.89. The number of hydrogen-bond acceptors (Lipinski definition) is 8. The number of hydrogen-bond donors (Lipinski definition) is 0. The first-order chi connectivity index (χ1) is 16.9. The van der Waals surface area contributed by atoms with E-state index in [2.05, 4.69) is 10.00 Å². The van der Waals surface area contributed by atoms with E-state index >= 15 is 0 Å². The van der Waals surface area contributed by atoms with E-state index in [0.29, 0.717) is 50.0 Å². The molecule has 0 unspecified atom stereocenters. The topological polar surface area (TPSA) is 103 Å². The van der Waals surface area contributed by atoms with Gasteiger partial charge in [-0.15, -0.1) is 0 Å². The Morgan fingerprint density at radius 3 is 2.63 bits per heavy atom. The van der Waals surface area contributed by atoms with Crippen LogP contribution in [0.3, 0.4) is 0 Å². The highest BCUT2D eigenvalue weighted by Crippen LogP contribution is 2.30. The average molecular weight is 480 g/mol. The Morgan fingerprint density at radius 2 is 1.94 bits per heavy atom. The Hall–Kier alpha value is -3.92. The summed E-state index contributed by atoms with van der Waals surface area (Å²) in [5.74, 6) is 0.644. The van der Waals surface area contributed by atoms with E-state index in [1.54, 1.807) is 25.3 Å². The molecule has 1 aliphatic rings. The van der Waals surface area contributed by atoms with Gasteiger partial charge >= 0.3 is 0 Å². The van der Waals surface area contributed by atoms with Gasteiger partial charge in [-0.25, -0.2) is 0 Å². The lowest BCUT2D eigenvalue weighted by atomic mass is 10.1. The van der Waals surface area contributed by atoms with Crippen molar-refractivity contribution in [1.29, 1.82) is 0 Å². The van der Waals surface area contributed by atoms with Crippen molar-refractivity contribution in [2.75, 3.05) is 56.8 Å². The maximum Gasteiger partial charge on any atom is 0.295 e. The standard InChI is InChI=1S/C25H29N5O5/c1-4-10-27(2)24-17-21(18-6-5-7-20(15-18)34-3)26-29(25(24)31)23-16-19(8-9-22(23)30(32)33)28-11-13-35-14-12-28/h5-9,15-17H,4,10-14H2,1-3H3. The van der Waals surface area contributed by atoms with Crippen LogP contribution in [-0.4, -0.2) is 61.7 Å². The van der Waals surface area contributed by atoms with Gasteiger partial charge in [-0.2, -0.15) is 9.78 Å². The molecule has 1 saturated heterocycles. The number of methoxy groups -OCH3 is 1. The summed E-state index contributed by atoms with van der Waals surface area (Å²) in [5.41, 5.74) is 1.94. The van der Waals surface area contributed by atoms with Crippen LogP contribution in [0.5, 0.6) is 5.75 Å². The molecule has 2 aromatic carbocycles. The van der Waals surface area contributed by atoms with Crippen LogP contribution in [-0.2, 0) is 4.74 Å². The summed E-state index contributed by atoms with van der Waals surface area (Å²) in [6.07, 6.45) is 0.833. The molecule has 1 aliphatic heterocycles. The highest BCUT2D eigenvalue weighted by Gasteiger charge is 2.23. The Labute approximate surface area is 203 Å². The van der Waals surface area contributed by atoms with E-state index in [4.69, 9.17) is 9.47 Å². The van der Waals surface area contributed by atoms with E-state index in [0.717, 1.165) is 22.4 Å². The van der Waals surface area contributed by atoms with Gasteiger partial charge in [-0.3, -0.25) is 14.9 Å². The molecule has 0 aliphatic carbocycles. The molecular formula is C25H29N5O5. The fourth-order valence-corrected chi connectivity index (χ4v) is 4.15. The predicted octanol–water partition coefficient (Wildman–Crippen LogP) is 3.50. The fourth-order valence-electron chi connectivity index (χ4n) is 4.15. The van der Waals surface area contributed by atoms with Crippen LogP contribution in [0.25, 0.3) is 16.9 Å². The summed E-state index contributed by atoms with van der Waals surface area (Å²) in [5, 5.41) is 16.6. The minimum atomic E-state index is -0.486. The Balaban J connectivity index is 1.94. The molecule has 0 amide bonds. The number of nitro groups is 1. The molecule has 0 spiro atoms. The monoisotopic (exact) mass is 479 g/mol. The summed E-state index contributed by atoms with van der Waals surface area (Å²) in [6, 6.07) is 13.9. The van der Waals surface area contributed by atoms with Gasteiger partial charge in [-0.05, 0) is 36.8 Å². The fraction of sp³-hybridized carbons (Fsp3) is 0.360. The zero-order valence-electron chi connectivity index (χ0n) is 20.1.